The fourth-order valence-corrected chi connectivity index (χ4v) is 13.3. The normalized spacial score (nSPS) is 24.7. The van der Waals surface area contributed by atoms with Crippen LogP contribution in [0.1, 0.15) is 138 Å². The highest BCUT2D eigenvalue weighted by atomic mass is 32.2. The lowest BCUT2D eigenvalue weighted by Crippen LogP contribution is -2.54. The summed E-state index contributed by atoms with van der Waals surface area (Å²) in [4.78, 5) is 38.7. The molecule has 17 heteroatoms. The van der Waals surface area contributed by atoms with Crippen LogP contribution in [0.3, 0.4) is 0 Å². The van der Waals surface area contributed by atoms with E-state index in [2.05, 4.69) is 62.9 Å². The molecule has 5 fully saturated rings. The van der Waals surface area contributed by atoms with Crippen molar-refractivity contribution >= 4 is 44.0 Å². The van der Waals surface area contributed by atoms with Crippen molar-refractivity contribution in [2.75, 3.05) is 36.5 Å². The van der Waals surface area contributed by atoms with Crippen molar-refractivity contribution in [2.45, 2.75) is 145 Å². The summed E-state index contributed by atoms with van der Waals surface area (Å²) in [5.74, 6) is 0.245. The molecule has 3 aliphatic heterocycles. The largest absolute Gasteiger partial charge is 0.489 e. The van der Waals surface area contributed by atoms with E-state index in [1.807, 2.05) is 19.1 Å². The minimum Gasteiger partial charge on any atom is -0.489 e. The first-order chi connectivity index (χ1) is 34.1. The Morgan fingerprint density at radius 1 is 0.958 bits per heavy atom. The molecule has 0 unspecified atom stereocenters. The summed E-state index contributed by atoms with van der Waals surface area (Å²) in [5.41, 5.74) is 3.45. The smallest absolute Gasteiger partial charge is 0.297 e. The fourth-order valence-electron chi connectivity index (χ4n) is 12.3. The van der Waals surface area contributed by atoms with Gasteiger partial charge in [-0.1, -0.05) is 38.1 Å². The van der Waals surface area contributed by atoms with Crippen molar-refractivity contribution in [2.24, 2.45) is 11.3 Å². The molecular formula is C54H65N7O9S. The lowest BCUT2D eigenvalue weighted by Gasteiger charge is -2.56. The van der Waals surface area contributed by atoms with Crippen LogP contribution in [0.5, 0.6) is 23.1 Å². The van der Waals surface area contributed by atoms with Gasteiger partial charge in [-0.05, 0) is 150 Å². The molecule has 0 radical (unpaired) electrons. The summed E-state index contributed by atoms with van der Waals surface area (Å²) in [7, 11) is -4.70. The van der Waals surface area contributed by atoms with Gasteiger partial charge in [0.05, 0.1) is 27.0 Å². The van der Waals surface area contributed by atoms with Crippen LogP contribution in [0.25, 0.3) is 11.0 Å². The van der Waals surface area contributed by atoms with Crippen LogP contribution in [0, 0.1) is 21.4 Å². The molecule has 2 saturated heterocycles. The van der Waals surface area contributed by atoms with Crippen molar-refractivity contribution in [3.8, 4) is 23.1 Å². The molecule has 71 heavy (non-hydrogen) atoms. The van der Waals surface area contributed by atoms with Crippen molar-refractivity contribution in [3.63, 3.8) is 0 Å². The van der Waals surface area contributed by atoms with E-state index < -0.39 is 37.0 Å². The van der Waals surface area contributed by atoms with Gasteiger partial charge in [-0.2, -0.15) is 4.98 Å². The molecule has 1 spiro atoms. The Hall–Kier alpha value is -5.91. The van der Waals surface area contributed by atoms with E-state index in [-0.39, 0.29) is 64.5 Å². The quantitative estimate of drug-likeness (QED) is 0.0642. The highest BCUT2D eigenvalue weighted by molar-refractivity contribution is 7.90. The molecule has 11 rings (SSSR count). The average Bonchev–Trinajstić information content (AvgIpc) is 4.01. The molecular weight excluding hydrogens is 923 g/mol. The highest BCUT2D eigenvalue weighted by Crippen LogP contribution is 2.55. The Morgan fingerprint density at radius 2 is 1.73 bits per heavy atom. The number of piperidine rings is 1. The van der Waals surface area contributed by atoms with Crippen LogP contribution >= 0.6 is 0 Å². The summed E-state index contributed by atoms with van der Waals surface area (Å²) >= 11 is 0. The van der Waals surface area contributed by atoms with Gasteiger partial charge in [-0.25, -0.2) is 13.1 Å². The van der Waals surface area contributed by atoms with Gasteiger partial charge < -0.3 is 34.5 Å². The summed E-state index contributed by atoms with van der Waals surface area (Å²) in [5, 5.41) is 27.0. The SMILES string of the molecule is CC(C)c1ccccc1[C@@H]1CCCN1C1CC2(CCN(c3ccc(C(=O)NS(=O)(=O)c4cc5c(c([N+](=O)[O-])c4)N[C@@H]([C@H]4CC[C@](C)(O)CC4)CO5)c(Oc4cc5cc[nH]c5nc4OC4CCC4)c3)CC2)C1. The van der Waals surface area contributed by atoms with E-state index in [0.29, 0.717) is 49.3 Å². The minimum absolute atomic E-state index is 0.000479. The molecule has 5 aromatic rings. The molecule has 6 aliphatic rings. The number of aromatic amines is 1. The molecule has 376 valence electrons. The number of aliphatic hydroxyl groups is 1. The predicted octanol–water partition coefficient (Wildman–Crippen LogP) is 10.1. The van der Waals surface area contributed by atoms with E-state index in [1.54, 1.807) is 24.4 Å². The Morgan fingerprint density at radius 3 is 2.46 bits per heavy atom. The first-order valence-electron chi connectivity index (χ1n) is 25.7. The number of pyridine rings is 1. The van der Waals surface area contributed by atoms with E-state index in [1.165, 1.54) is 42.9 Å². The number of ether oxygens (including phenoxy) is 3. The van der Waals surface area contributed by atoms with E-state index in [4.69, 9.17) is 19.2 Å². The molecule has 3 saturated carbocycles. The predicted molar refractivity (Wildman–Crippen MR) is 270 cm³/mol. The number of carbonyl (C=O) groups excluding carboxylic acids is 1. The number of nitrogens with zero attached hydrogens (tertiary/aromatic N) is 4. The number of nitro groups is 1. The molecule has 1 amide bonds. The number of rotatable bonds is 13. The number of sulfonamides is 1. The van der Waals surface area contributed by atoms with Gasteiger partial charge in [0.1, 0.15) is 24.1 Å². The van der Waals surface area contributed by atoms with Crippen molar-refractivity contribution in [1.29, 1.82) is 0 Å². The zero-order chi connectivity index (χ0) is 49.2. The van der Waals surface area contributed by atoms with Gasteiger partial charge in [0.25, 0.3) is 27.5 Å². The lowest BCUT2D eigenvalue weighted by atomic mass is 9.59. The fraction of sp³-hybridized carbons (Fsp3) is 0.519. The van der Waals surface area contributed by atoms with E-state index in [9.17, 15) is 28.4 Å². The highest BCUT2D eigenvalue weighted by Gasteiger charge is 2.50. The standard InChI is InChI=1S/C54H65N7O9S/c1-33(2)40-10-4-5-11-41(40)44-12-7-23-60(44)37-30-54(31-37)20-24-59(25-21-54)36-13-14-42(46(27-36)70-48-26-35-17-22-55-50(35)57-52(48)69-38-8-6-9-38)51(62)58-71(66,67)39-28-45(61(64)65)49-47(29-39)68-32-43(56-49)34-15-18-53(3,63)19-16-34/h4-5,10-11,13-14,17,22,26-29,33-34,37-38,43-44,56,63H,6-9,12,15-16,18-21,23-25,30-32H2,1-3H3,(H,55,57)(H,58,62)/t34-,43-,44+,53-/m1/s1. The molecule has 5 heterocycles. The Kier molecular flexibility index (Phi) is 12.4. The Bertz CT molecular complexity index is 2950. The van der Waals surface area contributed by atoms with E-state index in [0.717, 1.165) is 68.9 Å². The van der Waals surface area contributed by atoms with Gasteiger partial charge in [0, 0.05) is 60.6 Å². The number of amides is 1. The number of likely N-dealkylation sites (tertiary alicyclic amines) is 1. The van der Waals surface area contributed by atoms with Crippen molar-refractivity contribution in [3.05, 3.63) is 99.7 Å². The number of aromatic nitrogens is 2. The molecule has 16 nitrogen and oxygen atoms in total. The third kappa shape index (κ3) is 9.40. The number of nitro benzene ring substituents is 1. The van der Waals surface area contributed by atoms with Crippen LogP contribution < -0.4 is 29.1 Å². The Balaban J connectivity index is 0.837. The molecule has 2 aromatic heterocycles. The van der Waals surface area contributed by atoms with Crippen LogP contribution in [-0.4, -0.2) is 89.3 Å². The number of H-pyrrole nitrogens is 1. The van der Waals surface area contributed by atoms with E-state index >= 15 is 0 Å². The van der Waals surface area contributed by atoms with Crippen molar-refractivity contribution in [1.82, 2.24) is 19.6 Å². The second kappa shape index (κ2) is 18.6. The van der Waals surface area contributed by atoms with Gasteiger partial charge in [0.2, 0.25) is 0 Å². The second-order valence-corrected chi connectivity index (χ2v) is 23.5. The van der Waals surface area contributed by atoms with Crippen LogP contribution in [0.15, 0.2) is 77.8 Å². The number of benzene rings is 3. The zero-order valence-electron chi connectivity index (χ0n) is 40.8. The first kappa shape index (κ1) is 47.4. The summed E-state index contributed by atoms with van der Waals surface area (Å²) in [6.07, 6.45) is 14.0. The average molecular weight is 988 g/mol. The van der Waals surface area contributed by atoms with Gasteiger partial charge in [-0.15, -0.1) is 0 Å². The molecule has 4 N–H and O–H groups in total. The van der Waals surface area contributed by atoms with Crippen molar-refractivity contribution < 1.29 is 37.5 Å². The number of nitrogens with one attached hydrogen (secondary N) is 3. The minimum atomic E-state index is -4.70. The number of hydrogen-bond donors (Lipinski definition) is 4. The topological polar surface area (TPSA) is 201 Å². The zero-order valence-corrected chi connectivity index (χ0v) is 41.6. The maximum atomic E-state index is 14.4. The Labute approximate surface area is 415 Å². The third-order valence-corrected chi connectivity index (χ3v) is 18.0. The maximum Gasteiger partial charge on any atom is 0.297 e. The van der Waals surface area contributed by atoms with Gasteiger partial charge >= 0.3 is 0 Å². The van der Waals surface area contributed by atoms with Crippen LogP contribution in [0.4, 0.5) is 17.1 Å². The molecule has 0 bridgehead atoms. The van der Waals surface area contributed by atoms with Gasteiger partial charge in [-0.3, -0.25) is 19.8 Å². The maximum absolute atomic E-state index is 14.4. The third-order valence-electron chi connectivity index (χ3n) is 16.7. The number of carbonyl (C=O) groups is 1. The molecule has 3 aliphatic carbocycles. The van der Waals surface area contributed by atoms with Crippen LogP contribution in [-0.2, 0) is 10.0 Å². The summed E-state index contributed by atoms with van der Waals surface area (Å²) in [6.45, 7) is 9.31. The molecule has 3 aromatic carbocycles. The monoisotopic (exact) mass is 987 g/mol. The number of anilines is 2. The van der Waals surface area contributed by atoms with Gasteiger partial charge in [0.15, 0.2) is 17.2 Å². The molecule has 2 atom stereocenters. The lowest BCUT2D eigenvalue weighted by molar-refractivity contribution is -0.384. The second-order valence-electron chi connectivity index (χ2n) is 21.8. The first-order valence-corrected chi connectivity index (χ1v) is 27.2. The summed E-state index contributed by atoms with van der Waals surface area (Å²) < 4.78 is 49.5. The summed E-state index contributed by atoms with van der Waals surface area (Å²) in [6, 6.07) is 20.8. The van der Waals surface area contributed by atoms with Crippen LogP contribution in [0.2, 0.25) is 0 Å². The number of fused-ring (bicyclic) bond motifs is 2. The number of hydrogen-bond acceptors (Lipinski definition) is 13.